The first kappa shape index (κ1) is 10.3. The monoisotopic (exact) mass is 229 g/mol. The predicted molar refractivity (Wildman–Crippen MR) is 61.1 cm³/mol. The van der Waals surface area contributed by atoms with Crippen LogP contribution in [0.1, 0.15) is 30.9 Å². The van der Waals surface area contributed by atoms with E-state index in [-0.39, 0.29) is 0 Å². The summed E-state index contributed by atoms with van der Waals surface area (Å²) >= 11 is 11.9. The topological polar surface area (TPSA) is 12.0 Å². The van der Waals surface area contributed by atoms with Gasteiger partial charge in [0.05, 0.1) is 0 Å². The molecule has 0 amide bonds. The first-order chi connectivity index (χ1) is 6.75. The van der Waals surface area contributed by atoms with Crippen molar-refractivity contribution in [1.82, 2.24) is 5.32 Å². The molecule has 0 saturated carbocycles. The van der Waals surface area contributed by atoms with E-state index >= 15 is 0 Å². The fourth-order valence-electron chi connectivity index (χ4n) is 1.91. The number of nitrogens with one attached hydrogen (secondary N) is 1. The van der Waals surface area contributed by atoms with Gasteiger partial charge in [-0.25, -0.2) is 0 Å². The van der Waals surface area contributed by atoms with Gasteiger partial charge in [0.15, 0.2) is 0 Å². The minimum absolute atomic E-state index is 0.431. The summed E-state index contributed by atoms with van der Waals surface area (Å²) in [7, 11) is 0. The van der Waals surface area contributed by atoms with Crippen molar-refractivity contribution in [2.75, 3.05) is 6.54 Å². The number of hydrogen-bond donors (Lipinski definition) is 1. The van der Waals surface area contributed by atoms with Gasteiger partial charge in [0.1, 0.15) is 0 Å². The van der Waals surface area contributed by atoms with Gasteiger partial charge < -0.3 is 5.32 Å². The lowest BCUT2D eigenvalue weighted by Crippen LogP contribution is -2.26. The highest BCUT2D eigenvalue weighted by Crippen LogP contribution is 2.27. The molecule has 0 unspecified atom stereocenters. The van der Waals surface area contributed by atoms with Crippen LogP contribution in [0, 0.1) is 0 Å². The smallest absolute Gasteiger partial charge is 0.0424 e. The Kier molecular flexibility index (Phi) is 3.32. The van der Waals surface area contributed by atoms with E-state index in [1.165, 1.54) is 24.8 Å². The third-order valence-corrected chi connectivity index (χ3v) is 3.03. The van der Waals surface area contributed by atoms with Gasteiger partial charge in [0.2, 0.25) is 0 Å². The molecule has 1 aromatic carbocycles. The zero-order chi connectivity index (χ0) is 9.97. The Labute approximate surface area is 94.4 Å². The van der Waals surface area contributed by atoms with Crippen molar-refractivity contribution in [3.63, 3.8) is 0 Å². The molecule has 0 aromatic heterocycles. The number of rotatable bonds is 1. The lowest BCUT2D eigenvalue weighted by atomic mass is 9.98. The molecule has 1 atom stereocenters. The third kappa shape index (κ3) is 2.41. The number of piperidine rings is 1. The minimum atomic E-state index is 0.431. The molecule has 1 aliphatic heterocycles. The lowest BCUT2D eigenvalue weighted by molar-refractivity contribution is 0.412. The van der Waals surface area contributed by atoms with E-state index in [0.29, 0.717) is 6.04 Å². The van der Waals surface area contributed by atoms with Crippen molar-refractivity contribution < 1.29 is 0 Å². The van der Waals surface area contributed by atoms with E-state index in [2.05, 4.69) is 5.32 Å². The van der Waals surface area contributed by atoms with E-state index in [0.717, 1.165) is 16.6 Å². The molecule has 1 nitrogen and oxygen atoms in total. The molecule has 0 aliphatic carbocycles. The molecule has 14 heavy (non-hydrogen) atoms. The number of halogens is 2. The number of benzene rings is 1. The van der Waals surface area contributed by atoms with Gasteiger partial charge in [-0.2, -0.15) is 0 Å². The Balaban J connectivity index is 2.21. The summed E-state index contributed by atoms with van der Waals surface area (Å²) in [6.07, 6.45) is 3.73. The van der Waals surface area contributed by atoms with Crippen LogP contribution in [0.4, 0.5) is 0 Å². The predicted octanol–water partition coefficient (Wildman–Crippen LogP) is 3.81. The summed E-state index contributed by atoms with van der Waals surface area (Å²) in [5, 5.41) is 4.92. The maximum atomic E-state index is 5.96. The zero-order valence-electron chi connectivity index (χ0n) is 7.89. The van der Waals surface area contributed by atoms with Crippen LogP contribution in [0.2, 0.25) is 10.0 Å². The average Bonchev–Trinajstić information content (AvgIpc) is 2.18. The summed E-state index contributed by atoms with van der Waals surface area (Å²) in [5.74, 6) is 0. The fraction of sp³-hybridized carbons (Fsp3) is 0.455. The molecule has 1 saturated heterocycles. The van der Waals surface area contributed by atoms with Crippen molar-refractivity contribution >= 4 is 23.2 Å². The van der Waals surface area contributed by atoms with Gasteiger partial charge in [-0.3, -0.25) is 0 Å². The summed E-state index contributed by atoms with van der Waals surface area (Å²) in [6.45, 7) is 1.09. The molecular formula is C11H13Cl2N. The Morgan fingerprint density at radius 3 is 2.36 bits per heavy atom. The van der Waals surface area contributed by atoms with E-state index in [1.54, 1.807) is 6.07 Å². The Morgan fingerprint density at radius 2 is 1.79 bits per heavy atom. The molecule has 3 heteroatoms. The zero-order valence-corrected chi connectivity index (χ0v) is 9.41. The maximum Gasteiger partial charge on any atom is 0.0424 e. The molecule has 0 spiro atoms. The maximum absolute atomic E-state index is 5.96. The van der Waals surface area contributed by atoms with Crippen molar-refractivity contribution in [1.29, 1.82) is 0 Å². The highest BCUT2D eigenvalue weighted by molar-refractivity contribution is 6.34. The minimum Gasteiger partial charge on any atom is -0.310 e. The first-order valence-corrected chi connectivity index (χ1v) is 5.71. The van der Waals surface area contributed by atoms with Crippen LogP contribution in [-0.4, -0.2) is 6.54 Å². The summed E-state index contributed by atoms with van der Waals surface area (Å²) in [5.41, 5.74) is 1.21. The van der Waals surface area contributed by atoms with Crippen molar-refractivity contribution in [2.45, 2.75) is 25.3 Å². The Hall–Kier alpha value is -0.240. The van der Waals surface area contributed by atoms with Gasteiger partial charge in [0.25, 0.3) is 0 Å². The van der Waals surface area contributed by atoms with Crippen LogP contribution >= 0.6 is 23.2 Å². The van der Waals surface area contributed by atoms with Gasteiger partial charge in [0, 0.05) is 16.1 Å². The Morgan fingerprint density at radius 1 is 1.07 bits per heavy atom. The normalized spacial score (nSPS) is 22.3. The summed E-state index contributed by atoms with van der Waals surface area (Å²) in [4.78, 5) is 0. The lowest BCUT2D eigenvalue weighted by Gasteiger charge is -2.24. The van der Waals surface area contributed by atoms with Crippen LogP contribution in [-0.2, 0) is 0 Å². The van der Waals surface area contributed by atoms with Crippen LogP contribution in [0.25, 0.3) is 0 Å². The van der Waals surface area contributed by atoms with Crippen LogP contribution < -0.4 is 5.32 Å². The first-order valence-electron chi connectivity index (χ1n) is 4.95. The Bertz CT molecular complexity index is 299. The van der Waals surface area contributed by atoms with Crippen LogP contribution in [0.5, 0.6) is 0 Å². The van der Waals surface area contributed by atoms with E-state index < -0.39 is 0 Å². The summed E-state index contributed by atoms with van der Waals surface area (Å²) in [6, 6.07) is 6.20. The SMILES string of the molecule is Clc1cc(Cl)cc([C@H]2CCCCN2)c1. The van der Waals surface area contributed by atoms with Gasteiger partial charge in [-0.05, 0) is 43.1 Å². The molecule has 2 rings (SSSR count). The second-order valence-electron chi connectivity index (χ2n) is 3.71. The average molecular weight is 230 g/mol. The quantitative estimate of drug-likeness (QED) is 0.773. The van der Waals surface area contributed by atoms with Gasteiger partial charge in [-0.1, -0.05) is 29.6 Å². The third-order valence-electron chi connectivity index (χ3n) is 2.60. The van der Waals surface area contributed by atoms with Gasteiger partial charge >= 0.3 is 0 Å². The van der Waals surface area contributed by atoms with E-state index in [4.69, 9.17) is 23.2 Å². The fourth-order valence-corrected chi connectivity index (χ4v) is 2.46. The molecule has 1 fully saturated rings. The second-order valence-corrected chi connectivity index (χ2v) is 4.58. The highest BCUT2D eigenvalue weighted by Gasteiger charge is 2.15. The molecule has 1 N–H and O–H groups in total. The van der Waals surface area contributed by atoms with Crippen LogP contribution in [0.3, 0.4) is 0 Å². The molecule has 0 radical (unpaired) electrons. The summed E-state index contributed by atoms with van der Waals surface area (Å²) < 4.78 is 0. The van der Waals surface area contributed by atoms with E-state index in [1.807, 2.05) is 12.1 Å². The molecule has 76 valence electrons. The number of hydrogen-bond acceptors (Lipinski definition) is 1. The van der Waals surface area contributed by atoms with Crippen molar-refractivity contribution in [3.05, 3.63) is 33.8 Å². The van der Waals surface area contributed by atoms with Crippen molar-refractivity contribution in [3.8, 4) is 0 Å². The molecule has 0 bridgehead atoms. The van der Waals surface area contributed by atoms with Gasteiger partial charge in [-0.15, -0.1) is 0 Å². The molecule has 1 aliphatic rings. The highest BCUT2D eigenvalue weighted by atomic mass is 35.5. The molecule has 1 aromatic rings. The van der Waals surface area contributed by atoms with Crippen molar-refractivity contribution in [2.24, 2.45) is 0 Å². The van der Waals surface area contributed by atoms with Crippen LogP contribution in [0.15, 0.2) is 18.2 Å². The molecular weight excluding hydrogens is 217 g/mol. The second kappa shape index (κ2) is 4.52. The standard InChI is InChI=1S/C11H13Cl2N/c12-9-5-8(6-10(13)7-9)11-3-1-2-4-14-11/h5-7,11,14H,1-4H2/t11-/m1/s1. The molecule has 1 heterocycles. The largest absolute Gasteiger partial charge is 0.310 e. The van der Waals surface area contributed by atoms with E-state index in [9.17, 15) is 0 Å².